The Labute approximate surface area is 115 Å². The lowest BCUT2D eigenvalue weighted by molar-refractivity contribution is 0.184. The molecule has 9 heteroatoms. The van der Waals surface area contributed by atoms with Crippen LogP contribution >= 0.6 is 7.60 Å². The summed E-state index contributed by atoms with van der Waals surface area (Å²) in [6.07, 6.45) is -0.329. The van der Waals surface area contributed by atoms with Gasteiger partial charge in [-0.25, -0.2) is 0 Å². The molecular weight excluding hydrogens is 285 g/mol. The minimum atomic E-state index is -3.19. The molecule has 0 spiro atoms. The molecule has 0 rings (SSSR count). The van der Waals surface area contributed by atoms with E-state index in [1.165, 1.54) is 0 Å². The summed E-state index contributed by atoms with van der Waals surface area (Å²) < 4.78 is 28.8. The summed E-state index contributed by atoms with van der Waals surface area (Å²) in [5.74, 6) is 0. The van der Waals surface area contributed by atoms with Crippen LogP contribution < -0.4 is 0 Å². The van der Waals surface area contributed by atoms with Crippen LogP contribution in [0.4, 0.5) is 0 Å². The Kier molecular flexibility index (Phi) is 8.57. The standard InChI is InChI=1S/C10H24N3O4PSi/c1-6-15-18(14,16-7-2)9-10(8-12-13-11)17-19(3,4)5/h10H,6-9H2,1-5H3/t10-/m0/s1. The third-order valence-electron chi connectivity index (χ3n) is 1.95. The van der Waals surface area contributed by atoms with Crippen molar-refractivity contribution in [3.05, 3.63) is 10.4 Å². The van der Waals surface area contributed by atoms with Gasteiger partial charge in [0.1, 0.15) is 0 Å². The lowest BCUT2D eigenvalue weighted by atomic mass is 10.4. The number of hydrogen-bond acceptors (Lipinski definition) is 5. The van der Waals surface area contributed by atoms with Crippen molar-refractivity contribution < 1.29 is 18.0 Å². The maximum absolute atomic E-state index is 12.4. The maximum Gasteiger partial charge on any atom is 0.333 e. The molecule has 0 aromatic carbocycles. The van der Waals surface area contributed by atoms with Crippen LogP contribution in [0.3, 0.4) is 0 Å². The molecule has 0 aliphatic heterocycles. The van der Waals surface area contributed by atoms with E-state index < -0.39 is 22.0 Å². The molecule has 0 aromatic heterocycles. The number of nitrogens with zero attached hydrogens (tertiary/aromatic N) is 3. The molecule has 0 aromatic rings. The average molecular weight is 309 g/mol. The number of azide groups is 1. The molecule has 7 nitrogen and oxygen atoms in total. The van der Waals surface area contributed by atoms with Crippen molar-refractivity contribution in [1.82, 2.24) is 0 Å². The van der Waals surface area contributed by atoms with Crippen molar-refractivity contribution in [3.8, 4) is 0 Å². The highest BCUT2D eigenvalue weighted by molar-refractivity contribution is 7.53. The third-order valence-corrected chi connectivity index (χ3v) is 5.15. The monoisotopic (exact) mass is 309 g/mol. The van der Waals surface area contributed by atoms with Crippen molar-refractivity contribution >= 4 is 15.9 Å². The predicted octanol–water partition coefficient (Wildman–Crippen LogP) is 3.78. The van der Waals surface area contributed by atoms with E-state index in [0.29, 0.717) is 13.2 Å². The van der Waals surface area contributed by atoms with Gasteiger partial charge in [0.2, 0.25) is 0 Å². The Morgan fingerprint density at radius 1 is 1.26 bits per heavy atom. The SMILES string of the molecule is CCOP(=O)(C[C@H](CN=[N+]=[N-])O[Si](C)(C)C)OCC. The van der Waals surface area contributed by atoms with E-state index in [4.69, 9.17) is 19.0 Å². The minimum absolute atomic E-state index is 0.109. The van der Waals surface area contributed by atoms with Crippen LogP contribution in [-0.4, -0.2) is 40.3 Å². The highest BCUT2D eigenvalue weighted by atomic mass is 31.2. The van der Waals surface area contributed by atoms with Crippen molar-refractivity contribution in [2.75, 3.05) is 25.9 Å². The van der Waals surface area contributed by atoms with Gasteiger partial charge < -0.3 is 13.5 Å². The van der Waals surface area contributed by atoms with Gasteiger partial charge in [-0.1, -0.05) is 5.11 Å². The fourth-order valence-corrected chi connectivity index (χ4v) is 4.60. The zero-order valence-electron chi connectivity index (χ0n) is 12.3. The van der Waals surface area contributed by atoms with Crippen LogP contribution in [0.25, 0.3) is 10.4 Å². The second-order valence-electron chi connectivity index (χ2n) is 4.89. The Bertz CT molecular complexity index is 345. The molecule has 0 radical (unpaired) electrons. The Hall–Kier alpha value is -0.363. The van der Waals surface area contributed by atoms with Gasteiger partial charge in [0, 0.05) is 4.91 Å². The number of rotatable bonds is 10. The Balaban J connectivity index is 4.83. The molecule has 0 saturated heterocycles. The summed E-state index contributed by atoms with van der Waals surface area (Å²) in [7, 11) is -5.02. The fourth-order valence-electron chi connectivity index (χ4n) is 1.55. The summed E-state index contributed by atoms with van der Waals surface area (Å²) in [5, 5.41) is 3.51. The van der Waals surface area contributed by atoms with E-state index in [9.17, 15) is 4.57 Å². The summed E-state index contributed by atoms with van der Waals surface area (Å²) in [4.78, 5) is 2.72. The van der Waals surface area contributed by atoms with Crippen LogP contribution in [-0.2, 0) is 18.0 Å². The molecule has 1 atom stereocenters. The second-order valence-corrected chi connectivity index (χ2v) is 11.5. The molecule has 0 unspecified atom stereocenters. The van der Waals surface area contributed by atoms with E-state index in [1.807, 2.05) is 19.6 Å². The molecule has 0 N–H and O–H groups in total. The fraction of sp³-hybridized carbons (Fsp3) is 1.00. The highest BCUT2D eigenvalue weighted by Gasteiger charge is 2.31. The molecule has 19 heavy (non-hydrogen) atoms. The zero-order chi connectivity index (χ0) is 14.9. The third kappa shape index (κ3) is 9.21. The van der Waals surface area contributed by atoms with Gasteiger partial charge >= 0.3 is 7.60 Å². The maximum atomic E-state index is 12.4. The van der Waals surface area contributed by atoms with Gasteiger partial charge in [0.25, 0.3) is 0 Å². The first-order valence-corrected chi connectivity index (χ1v) is 11.5. The summed E-state index contributed by atoms with van der Waals surface area (Å²) in [5.41, 5.74) is 8.40. The van der Waals surface area contributed by atoms with E-state index >= 15 is 0 Å². The largest absolute Gasteiger partial charge is 0.414 e. The second kappa shape index (κ2) is 8.74. The highest BCUT2D eigenvalue weighted by Crippen LogP contribution is 2.49. The number of hydrogen-bond donors (Lipinski definition) is 0. The average Bonchev–Trinajstić information content (AvgIpc) is 2.24. The van der Waals surface area contributed by atoms with E-state index in [2.05, 4.69) is 10.0 Å². The van der Waals surface area contributed by atoms with Crippen molar-refractivity contribution in [1.29, 1.82) is 0 Å². The lowest BCUT2D eigenvalue weighted by Crippen LogP contribution is -2.36. The van der Waals surface area contributed by atoms with Crippen molar-refractivity contribution in [2.45, 2.75) is 39.6 Å². The molecule has 0 heterocycles. The lowest BCUT2D eigenvalue weighted by Gasteiger charge is -2.28. The topological polar surface area (TPSA) is 93.5 Å². The molecule has 0 bridgehead atoms. The predicted molar refractivity (Wildman–Crippen MR) is 78.0 cm³/mol. The molecule has 112 valence electrons. The first-order valence-electron chi connectivity index (χ1n) is 6.33. The van der Waals surface area contributed by atoms with Gasteiger partial charge in [-0.2, -0.15) is 0 Å². The minimum Gasteiger partial charge on any atom is -0.414 e. The smallest absolute Gasteiger partial charge is 0.333 e. The molecule has 0 aliphatic carbocycles. The van der Waals surface area contributed by atoms with Crippen molar-refractivity contribution in [2.24, 2.45) is 5.11 Å². The van der Waals surface area contributed by atoms with Crippen LogP contribution in [0.15, 0.2) is 5.11 Å². The van der Waals surface area contributed by atoms with Crippen molar-refractivity contribution in [3.63, 3.8) is 0 Å². The van der Waals surface area contributed by atoms with Gasteiger partial charge in [0.05, 0.1) is 32.0 Å². The Morgan fingerprint density at radius 3 is 2.16 bits per heavy atom. The van der Waals surface area contributed by atoms with Gasteiger partial charge in [-0.15, -0.1) is 0 Å². The van der Waals surface area contributed by atoms with E-state index in [-0.39, 0.29) is 12.7 Å². The first kappa shape index (κ1) is 18.6. The molecule has 0 fully saturated rings. The van der Waals surface area contributed by atoms with E-state index in [1.54, 1.807) is 13.8 Å². The zero-order valence-corrected chi connectivity index (χ0v) is 14.2. The van der Waals surface area contributed by atoms with Crippen LogP contribution in [0.2, 0.25) is 19.6 Å². The van der Waals surface area contributed by atoms with Gasteiger partial charge in [-0.05, 0) is 39.0 Å². The molecule has 0 amide bonds. The van der Waals surface area contributed by atoms with E-state index in [0.717, 1.165) is 0 Å². The van der Waals surface area contributed by atoms with Crippen LogP contribution in [0.1, 0.15) is 13.8 Å². The molecular formula is C10H24N3O4PSi. The van der Waals surface area contributed by atoms with Crippen LogP contribution in [0, 0.1) is 0 Å². The summed E-state index contributed by atoms with van der Waals surface area (Å²) in [6.45, 7) is 10.3. The first-order chi connectivity index (χ1) is 8.76. The van der Waals surface area contributed by atoms with Crippen LogP contribution in [0.5, 0.6) is 0 Å². The van der Waals surface area contributed by atoms with Gasteiger partial charge in [-0.3, -0.25) is 4.57 Å². The Morgan fingerprint density at radius 2 is 1.79 bits per heavy atom. The summed E-state index contributed by atoms with van der Waals surface area (Å²) in [6, 6.07) is 0. The molecule has 0 saturated carbocycles. The summed E-state index contributed by atoms with van der Waals surface area (Å²) >= 11 is 0. The van der Waals surface area contributed by atoms with Gasteiger partial charge in [0.15, 0.2) is 8.32 Å². The normalized spacial score (nSPS) is 13.9. The quantitative estimate of drug-likeness (QED) is 0.202. The molecule has 0 aliphatic rings.